The van der Waals surface area contributed by atoms with Crippen molar-refractivity contribution in [3.05, 3.63) is 0 Å². The van der Waals surface area contributed by atoms with Gasteiger partial charge in [-0.1, -0.05) is 0 Å². The van der Waals surface area contributed by atoms with E-state index in [9.17, 15) is 4.79 Å². The van der Waals surface area contributed by atoms with Crippen LogP contribution in [0.15, 0.2) is 0 Å². The molecule has 4 heteroatoms. The first-order valence-electron chi connectivity index (χ1n) is 7.52. The monoisotopic (exact) mass is 268 g/mol. The van der Waals surface area contributed by atoms with Crippen LogP contribution in [0, 0.1) is 11.3 Å². The Bertz CT molecular complexity index is 320. The number of carbonyl (C=O) groups is 1. The third-order valence-electron chi connectivity index (χ3n) is 4.44. The highest BCUT2D eigenvalue weighted by Gasteiger charge is 2.47. The molecule has 1 saturated heterocycles. The lowest BCUT2D eigenvalue weighted by molar-refractivity contribution is -0.0545. The van der Waals surface area contributed by atoms with E-state index in [2.05, 4.69) is 0 Å². The highest BCUT2D eigenvalue weighted by atomic mass is 16.6. The molecule has 1 aliphatic heterocycles. The fourth-order valence-electron chi connectivity index (χ4n) is 3.35. The highest BCUT2D eigenvalue weighted by molar-refractivity contribution is 5.69. The Morgan fingerprint density at radius 3 is 2.37 bits per heavy atom. The number of rotatable bonds is 2. The average molecular weight is 268 g/mol. The van der Waals surface area contributed by atoms with Crippen LogP contribution >= 0.6 is 0 Å². The van der Waals surface area contributed by atoms with Gasteiger partial charge in [-0.2, -0.15) is 0 Å². The Labute approximate surface area is 116 Å². The Balaban J connectivity index is 1.75. The summed E-state index contributed by atoms with van der Waals surface area (Å²) in [6, 6.07) is 0. The van der Waals surface area contributed by atoms with Gasteiger partial charge < -0.3 is 15.4 Å². The van der Waals surface area contributed by atoms with Gasteiger partial charge >= 0.3 is 6.09 Å². The van der Waals surface area contributed by atoms with E-state index in [0.29, 0.717) is 5.41 Å². The summed E-state index contributed by atoms with van der Waals surface area (Å²) in [6.07, 6.45) is 6.06. The van der Waals surface area contributed by atoms with Gasteiger partial charge in [0.15, 0.2) is 0 Å². The summed E-state index contributed by atoms with van der Waals surface area (Å²) in [7, 11) is 0. The minimum atomic E-state index is -0.390. The van der Waals surface area contributed by atoms with Crippen LogP contribution in [0.2, 0.25) is 0 Å². The topological polar surface area (TPSA) is 55.6 Å². The van der Waals surface area contributed by atoms with Crippen molar-refractivity contribution in [1.29, 1.82) is 0 Å². The molecule has 2 rings (SSSR count). The lowest BCUT2D eigenvalue weighted by Crippen LogP contribution is -2.60. The van der Waals surface area contributed by atoms with Crippen LogP contribution in [-0.4, -0.2) is 36.2 Å². The van der Waals surface area contributed by atoms with E-state index in [0.717, 1.165) is 32.0 Å². The molecule has 110 valence electrons. The molecule has 0 aromatic rings. The number of hydrogen-bond donors (Lipinski definition) is 1. The molecule has 0 radical (unpaired) electrons. The zero-order valence-electron chi connectivity index (χ0n) is 12.6. The Morgan fingerprint density at radius 1 is 1.32 bits per heavy atom. The minimum Gasteiger partial charge on any atom is -0.444 e. The Kier molecular flexibility index (Phi) is 4.09. The van der Waals surface area contributed by atoms with E-state index in [1.165, 1.54) is 25.7 Å². The molecule has 2 N–H and O–H groups in total. The average Bonchev–Trinajstić information content (AvgIpc) is 2.25. The number of ether oxygens (including phenoxy) is 1. The molecule has 0 aromatic carbocycles. The smallest absolute Gasteiger partial charge is 0.410 e. The van der Waals surface area contributed by atoms with E-state index >= 15 is 0 Å². The lowest BCUT2D eigenvalue weighted by atomic mass is 9.65. The Hall–Kier alpha value is -0.770. The van der Waals surface area contributed by atoms with Crippen LogP contribution in [-0.2, 0) is 4.74 Å². The number of nitrogens with two attached hydrogens (primary N) is 1. The van der Waals surface area contributed by atoms with Crippen LogP contribution in [0.1, 0.15) is 52.9 Å². The molecular formula is C15H28N2O2. The molecule has 0 aromatic heterocycles. The molecule has 2 fully saturated rings. The van der Waals surface area contributed by atoms with Gasteiger partial charge in [0.2, 0.25) is 0 Å². The second-order valence-electron chi connectivity index (χ2n) is 7.36. The third kappa shape index (κ3) is 3.62. The van der Waals surface area contributed by atoms with Crippen LogP contribution < -0.4 is 5.73 Å². The summed E-state index contributed by atoms with van der Waals surface area (Å²) < 4.78 is 5.41. The fraction of sp³-hybridized carbons (Fsp3) is 0.933. The molecule has 1 aliphatic carbocycles. The van der Waals surface area contributed by atoms with E-state index in [1.54, 1.807) is 0 Å². The van der Waals surface area contributed by atoms with Crippen LogP contribution in [0.5, 0.6) is 0 Å². The van der Waals surface area contributed by atoms with Crippen molar-refractivity contribution in [1.82, 2.24) is 4.90 Å². The van der Waals surface area contributed by atoms with Crippen LogP contribution in [0.25, 0.3) is 0 Å². The molecular weight excluding hydrogens is 240 g/mol. The predicted octanol–water partition coefficient (Wildman–Crippen LogP) is 2.76. The molecule has 1 amide bonds. The zero-order chi connectivity index (χ0) is 14.1. The van der Waals surface area contributed by atoms with Gasteiger partial charge in [0.25, 0.3) is 0 Å². The molecule has 1 saturated carbocycles. The van der Waals surface area contributed by atoms with Crippen molar-refractivity contribution in [2.75, 3.05) is 19.6 Å². The molecule has 0 atom stereocenters. The highest BCUT2D eigenvalue weighted by Crippen LogP contribution is 2.46. The van der Waals surface area contributed by atoms with Gasteiger partial charge in [-0.25, -0.2) is 4.79 Å². The van der Waals surface area contributed by atoms with Gasteiger partial charge in [0.1, 0.15) is 5.60 Å². The van der Waals surface area contributed by atoms with Crippen molar-refractivity contribution in [2.45, 2.75) is 58.5 Å². The maximum Gasteiger partial charge on any atom is 0.410 e. The van der Waals surface area contributed by atoms with Gasteiger partial charge in [-0.3, -0.25) is 0 Å². The second kappa shape index (κ2) is 5.31. The summed E-state index contributed by atoms with van der Waals surface area (Å²) in [5, 5.41) is 0. The molecule has 1 spiro atoms. The van der Waals surface area contributed by atoms with E-state index < -0.39 is 5.60 Å². The zero-order valence-corrected chi connectivity index (χ0v) is 12.6. The fourth-order valence-corrected chi connectivity index (χ4v) is 3.35. The van der Waals surface area contributed by atoms with Gasteiger partial charge in [-0.05, 0) is 65.3 Å². The number of amides is 1. The molecule has 0 unspecified atom stereocenters. The maximum atomic E-state index is 11.9. The van der Waals surface area contributed by atoms with Gasteiger partial charge in [-0.15, -0.1) is 0 Å². The maximum absolute atomic E-state index is 11.9. The first-order valence-corrected chi connectivity index (χ1v) is 7.52. The first-order chi connectivity index (χ1) is 8.84. The third-order valence-corrected chi connectivity index (χ3v) is 4.44. The number of nitrogens with zero attached hydrogens (tertiary/aromatic N) is 1. The summed E-state index contributed by atoms with van der Waals surface area (Å²) in [5.74, 6) is 0.811. The van der Waals surface area contributed by atoms with E-state index in [4.69, 9.17) is 10.5 Å². The van der Waals surface area contributed by atoms with Crippen LogP contribution in [0.4, 0.5) is 4.79 Å². The van der Waals surface area contributed by atoms with Gasteiger partial charge in [0, 0.05) is 18.5 Å². The number of carbonyl (C=O) groups excluding carboxylic acids is 1. The SMILES string of the molecule is CC(C)(C)OC(=O)N1CC2(CCC(CCN)CC2)C1. The summed E-state index contributed by atoms with van der Waals surface area (Å²) in [4.78, 5) is 13.8. The standard InChI is InChI=1S/C15H28N2O2/c1-14(2,3)19-13(18)17-10-15(11-17)7-4-12(5-8-15)6-9-16/h12H,4-11,16H2,1-3H3. The lowest BCUT2D eigenvalue weighted by Gasteiger charge is -2.53. The van der Waals surface area contributed by atoms with E-state index in [1.807, 2.05) is 25.7 Å². The molecule has 1 heterocycles. The molecule has 4 nitrogen and oxygen atoms in total. The summed E-state index contributed by atoms with van der Waals surface area (Å²) in [6.45, 7) is 8.33. The van der Waals surface area contributed by atoms with Crippen molar-refractivity contribution < 1.29 is 9.53 Å². The number of likely N-dealkylation sites (tertiary alicyclic amines) is 1. The van der Waals surface area contributed by atoms with Crippen molar-refractivity contribution >= 4 is 6.09 Å². The molecule has 19 heavy (non-hydrogen) atoms. The van der Waals surface area contributed by atoms with Crippen LogP contribution in [0.3, 0.4) is 0 Å². The van der Waals surface area contributed by atoms with Gasteiger partial charge in [0.05, 0.1) is 0 Å². The number of hydrogen-bond acceptors (Lipinski definition) is 3. The quantitative estimate of drug-likeness (QED) is 0.838. The molecule has 0 bridgehead atoms. The normalized spacial score (nSPS) is 23.3. The van der Waals surface area contributed by atoms with Crippen molar-refractivity contribution in [3.8, 4) is 0 Å². The second-order valence-corrected chi connectivity index (χ2v) is 7.36. The summed E-state index contributed by atoms with van der Waals surface area (Å²) >= 11 is 0. The minimum absolute atomic E-state index is 0.151. The first kappa shape index (κ1) is 14.6. The summed E-state index contributed by atoms with van der Waals surface area (Å²) in [5.41, 5.74) is 5.63. The largest absolute Gasteiger partial charge is 0.444 e. The van der Waals surface area contributed by atoms with Crippen molar-refractivity contribution in [3.63, 3.8) is 0 Å². The van der Waals surface area contributed by atoms with E-state index in [-0.39, 0.29) is 6.09 Å². The molecule has 2 aliphatic rings. The predicted molar refractivity (Wildman–Crippen MR) is 75.9 cm³/mol. The van der Waals surface area contributed by atoms with Crippen molar-refractivity contribution in [2.24, 2.45) is 17.1 Å². The Morgan fingerprint density at radius 2 is 1.89 bits per heavy atom.